The fraction of sp³-hybridized carbons (Fsp3) is 0.765. The minimum absolute atomic E-state index is 0.434. The molecule has 0 N–H and O–H groups in total. The largest absolute Gasteiger partial charge is 0.375 e. The second-order valence-corrected chi connectivity index (χ2v) is 7.78. The van der Waals surface area contributed by atoms with Crippen LogP contribution in [0.3, 0.4) is 0 Å². The lowest BCUT2D eigenvalue weighted by Gasteiger charge is -2.40. The third-order valence-corrected chi connectivity index (χ3v) is 5.73. The van der Waals surface area contributed by atoms with E-state index in [1.165, 1.54) is 37.4 Å². The van der Waals surface area contributed by atoms with Gasteiger partial charge < -0.3 is 9.64 Å². The van der Waals surface area contributed by atoms with Crippen molar-refractivity contribution in [2.45, 2.75) is 31.5 Å². The molecule has 0 saturated carbocycles. The van der Waals surface area contributed by atoms with Crippen LogP contribution in [0.1, 0.15) is 17.7 Å². The molecule has 3 heterocycles. The summed E-state index contributed by atoms with van der Waals surface area (Å²) in [5.41, 5.74) is 0. The molecule has 5 heteroatoms. The quantitative estimate of drug-likeness (QED) is 0.825. The summed E-state index contributed by atoms with van der Waals surface area (Å²) in [5, 5.41) is 2.18. The molecule has 0 aromatic carbocycles. The number of rotatable bonds is 5. The van der Waals surface area contributed by atoms with E-state index in [1.807, 2.05) is 11.3 Å². The van der Waals surface area contributed by atoms with E-state index in [4.69, 9.17) is 4.74 Å². The topological polar surface area (TPSA) is 19.0 Å². The number of hydrogen-bond donors (Lipinski definition) is 0. The highest BCUT2D eigenvalue weighted by atomic mass is 32.1. The number of ether oxygens (including phenoxy) is 1. The van der Waals surface area contributed by atoms with Gasteiger partial charge in [0.05, 0.1) is 12.7 Å². The Bertz CT molecular complexity index is 437. The molecule has 2 fully saturated rings. The van der Waals surface area contributed by atoms with Crippen LogP contribution in [0.25, 0.3) is 0 Å². The minimum atomic E-state index is 0.434. The molecule has 0 bridgehead atoms. The number of hydrogen-bond acceptors (Lipinski definition) is 5. The summed E-state index contributed by atoms with van der Waals surface area (Å²) in [6, 6.07) is 5.02. The molecule has 22 heavy (non-hydrogen) atoms. The van der Waals surface area contributed by atoms with Gasteiger partial charge in [0.1, 0.15) is 0 Å². The first-order valence-electron chi connectivity index (χ1n) is 8.47. The van der Waals surface area contributed by atoms with Crippen LogP contribution in [0, 0.1) is 0 Å². The summed E-state index contributed by atoms with van der Waals surface area (Å²) in [6.07, 6.45) is 2.85. The summed E-state index contributed by atoms with van der Waals surface area (Å²) in [7, 11) is 4.32. The van der Waals surface area contributed by atoms with Crippen LogP contribution in [-0.4, -0.2) is 80.3 Å². The standard InChI is InChI=1S/C17H29N3OS/c1-18(2)9-10-20-11-12-21-17-6-8-19(7-5-16(17)20)14-15-4-3-13-22-15/h3-4,13,16-17H,5-12,14H2,1-2H3/t16-,17-/m1/s1. The molecule has 0 spiro atoms. The number of likely N-dealkylation sites (N-methyl/N-ethyl adjacent to an activating group) is 1. The maximum atomic E-state index is 6.10. The van der Waals surface area contributed by atoms with Crippen molar-refractivity contribution in [2.75, 3.05) is 53.4 Å². The van der Waals surface area contributed by atoms with Gasteiger partial charge in [-0.2, -0.15) is 0 Å². The summed E-state index contributed by atoms with van der Waals surface area (Å²) in [4.78, 5) is 9.04. The highest BCUT2D eigenvalue weighted by molar-refractivity contribution is 7.09. The third kappa shape index (κ3) is 4.30. The van der Waals surface area contributed by atoms with Gasteiger partial charge in [-0.05, 0) is 38.4 Å². The Morgan fingerprint density at radius 1 is 1.27 bits per heavy atom. The molecular formula is C17H29N3OS. The molecule has 2 saturated heterocycles. The molecule has 0 aliphatic carbocycles. The number of thiophene rings is 1. The Labute approximate surface area is 138 Å². The maximum absolute atomic E-state index is 6.10. The summed E-state index contributed by atoms with van der Waals surface area (Å²) < 4.78 is 6.10. The lowest BCUT2D eigenvalue weighted by molar-refractivity contribution is -0.0724. The van der Waals surface area contributed by atoms with Crippen molar-refractivity contribution in [2.24, 2.45) is 0 Å². The van der Waals surface area contributed by atoms with E-state index in [1.54, 1.807) is 0 Å². The zero-order valence-corrected chi connectivity index (χ0v) is 14.7. The minimum Gasteiger partial charge on any atom is -0.375 e. The number of fused-ring (bicyclic) bond motifs is 1. The number of nitrogens with zero attached hydrogens (tertiary/aromatic N) is 3. The van der Waals surface area contributed by atoms with Crippen LogP contribution >= 0.6 is 11.3 Å². The molecule has 2 atom stereocenters. The lowest BCUT2D eigenvalue weighted by Crippen LogP contribution is -2.52. The smallest absolute Gasteiger partial charge is 0.0743 e. The highest BCUT2D eigenvalue weighted by Crippen LogP contribution is 2.25. The molecule has 1 aromatic heterocycles. The molecule has 0 unspecified atom stereocenters. The molecular weight excluding hydrogens is 294 g/mol. The van der Waals surface area contributed by atoms with E-state index >= 15 is 0 Å². The average molecular weight is 324 g/mol. The van der Waals surface area contributed by atoms with Gasteiger partial charge in [-0.1, -0.05) is 6.07 Å². The van der Waals surface area contributed by atoms with E-state index in [0.29, 0.717) is 12.1 Å². The Morgan fingerprint density at radius 3 is 2.91 bits per heavy atom. The molecule has 3 rings (SSSR count). The zero-order valence-electron chi connectivity index (χ0n) is 13.9. The molecule has 124 valence electrons. The average Bonchev–Trinajstić information content (AvgIpc) is 2.92. The third-order valence-electron chi connectivity index (χ3n) is 4.87. The predicted octanol–water partition coefficient (Wildman–Crippen LogP) is 1.97. The van der Waals surface area contributed by atoms with Crippen molar-refractivity contribution < 1.29 is 4.74 Å². The lowest BCUT2D eigenvalue weighted by atomic mass is 10.0. The Morgan fingerprint density at radius 2 is 2.14 bits per heavy atom. The van der Waals surface area contributed by atoms with Crippen LogP contribution < -0.4 is 0 Å². The SMILES string of the molecule is CN(C)CCN1CCO[C@@H]2CCN(Cc3cccs3)CC[C@H]21. The normalized spacial score (nSPS) is 27.8. The molecule has 2 aliphatic rings. The summed E-state index contributed by atoms with van der Waals surface area (Å²) >= 11 is 1.87. The van der Waals surface area contributed by atoms with Gasteiger partial charge in [0.2, 0.25) is 0 Å². The Hall–Kier alpha value is -0.460. The summed E-state index contributed by atoms with van der Waals surface area (Å²) in [6.45, 7) is 7.78. The predicted molar refractivity (Wildman–Crippen MR) is 92.5 cm³/mol. The van der Waals surface area contributed by atoms with E-state index in [2.05, 4.69) is 46.3 Å². The fourth-order valence-electron chi connectivity index (χ4n) is 3.60. The van der Waals surface area contributed by atoms with E-state index < -0.39 is 0 Å². The van der Waals surface area contributed by atoms with Gasteiger partial charge in [-0.25, -0.2) is 0 Å². The van der Waals surface area contributed by atoms with Crippen molar-refractivity contribution >= 4 is 11.3 Å². The van der Waals surface area contributed by atoms with E-state index in [-0.39, 0.29) is 0 Å². The Kier molecular flexibility index (Phi) is 5.88. The Balaban J connectivity index is 1.56. The maximum Gasteiger partial charge on any atom is 0.0743 e. The van der Waals surface area contributed by atoms with Gasteiger partial charge in [0.15, 0.2) is 0 Å². The number of likely N-dealkylation sites (tertiary alicyclic amines) is 1. The van der Waals surface area contributed by atoms with E-state index in [9.17, 15) is 0 Å². The first-order chi connectivity index (χ1) is 10.7. The van der Waals surface area contributed by atoms with Gasteiger partial charge in [0, 0.05) is 50.2 Å². The first kappa shape index (κ1) is 16.4. The van der Waals surface area contributed by atoms with E-state index in [0.717, 1.165) is 26.2 Å². The van der Waals surface area contributed by atoms with Crippen LogP contribution in [0.4, 0.5) is 0 Å². The van der Waals surface area contributed by atoms with Crippen LogP contribution in [-0.2, 0) is 11.3 Å². The summed E-state index contributed by atoms with van der Waals surface area (Å²) in [5.74, 6) is 0. The van der Waals surface area contributed by atoms with Crippen LogP contribution in [0.15, 0.2) is 17.5 Å². The van der Waals surface area contributed by atoms with Crippen molar-refractivity contribution in [3.05, 3.63) is 22.4 Å². The second-order valence-electron chi connectivity index (χ2n) is 6.75. The molecule has 0 amide bonds. The van der Waals surface area contributed by atoms with Crippen molar-refractivity contribution in [3.63, 3.8) is 0 Å². The number of morpholine rings is 1. The zero-order chi connectivity index (χ0) is 15.4. The van der Waals surface area contributed by atoms with Gasteiger partial charge in [0.25, 0.3) is 0 Å². The van der Waals surface area contributed by atoms with Crippen molar-refractivity contribution in [1.82, 2.24) is 14.7 Å². The van der Waals surface area contributed by atoms with Crippen LogP contribution in [0.5, 0.6) is 0 Å². The monoisotopic (exact) mass is 323 g/mol. The van der Waals surface area contributed by atoms with Gasteiger partial charge in [-0.15, -0.1) is 11.3 Å². The van der Waals surface area contributed by atoms with Gasteiger partial charge in [-0.3, -0.25) is 9.80 Å². The fourth-order valence-corrected chi connectivity index (χ4v) is 4.35. The van der Waals surface area contributed by atoms with Crippen molar-refractivity contribution in [3.8, 4) is 0 Å². The second kappa shape index (κ2) is 7.88. The molecule has 1 aromatic rings. The highest BCUT2D eigenvalue weighted by Gasteiger charge is 2.34. The van der Waals surface area contributed by atoms with Crippen LogP contribution in [0.2, 0.25) is 0 Å². The molecule has 4 nitrogen and oxygen atoms in total. The first-order valence-corrected chi connectivity index (χ1v) is 9.35. The van der Waals surface area contributed by atoms with Gasteiger partial charge >= 0.3 is 0 Å². The van der Waals surface area contributed by atoms with Crippen molar-refractivity contribution in [1.29, 1.82) is 0 Å². The molecule has 0 radical (unpaired) electrons. The molecule has 2 aliphatic heterocycles.